The second-order valence-electron chi connectivity index (χ2n) is 5.86. The van der Waals surface area contributed by atoms with Gasteiger partial charge >= 0.3 is 6.18 Å². The lowest BCUT2D eigenvalue weighted by Gasteiger charge is -2.10. The molecule has 0 atom stereocenters. The van der Waals surface area contributed by atoms with Crippen LogP contribution in [0.4, 0.5) is 17.6 Å². The Morgan fingerprint density at radius 3 is 2.67 bits per heavy atom. The van der Waals surface area contributed by atoms with Crippen molar-refractivity contribution in [1.82, 2.24) is 24.9 Å². The van der Waals surface area contributed by atoms with Crippen LogP contribution in [-0.2, 0) is 12.7 Å². The summed E-state index contributed by atoms with van der Waals surface area (Å²) in [5.41, 5.74) is 0.0755. The number of hydrogen-bond acceptors (Lipinski definition) is 5. The van der Waals surface area contributed by atoms with Gasteiger partial charge in [-0.25, -0.2) is 4.39 Å². The Morgan fingerprint density at radius 2 is 1.96 bits per heavy atom. The summed E-state index contributed by atoms with van der Waals surface area (Å²) in [5, 5.41) is 7.85. The number of aromatic nitrogens is 5. The molecule has 3 heterocycles. The van der Waals surface area contributed by atoms with E-state index in [2.05, 4.69) is 20.2 Å². The van der Waals surface area contributed by atoms with E-state index in [1.807, 2.05) is 0 Å². The summed E-state index contributed by atoms with van der Waals surface area (Å²) >= 11 is 0. The van der Waals surface area contributed by atoms with E-state index < -0.39 is 17.6 Å². The van der Waals surface area contributed by atoms with Crippen LogP contribution in [0.1, 0.15) is 17.3 Å². The van der Waals surface area contributed by atoms with Crippen molar-refractivity contribution in [3.63, 3.8) is 0 Å². The van der Waals surface area contributed by atoms with Crippen molar-refractivity contribution in [3.8, 4) is 11.1 Å². The van der Waals surface area contributed by atoms with Crippen LogP contribution in [0, 0.1) is 12.7 Å². The fraction of sp³-hybridized carbons (Fsp3) is 0.176. The largest absolute Gasteiger partial charge is 0.416 e. The fourth-order valence-corrected chi connectivity index (χ4v) is 2.69. The van der Waals surface area contributed by atoms with Crippen molar-refractivity contribution >= 4 is 11.0 Å². The van der Waals surface area contributed by atoms with E-state index >= 15 is 0 Å². The van der Waals surface area contributed by atoms with Gasteiger partial charge in [-0.1, -0.05) is 5.16 Å². The van der Waals surface area contributed by atoms with Gasteiger partial charge in [0.05, 0.1) is 17.3 Å². The predicted octanol–water partition coefficient (Wildman–Crippen LogP) is 4.00. The fourth-order valence-electron chi connectivity index (χ4n) is 2.69. The molecule has 0 aliphatic rings. The van der Waals surface area contributed by atoms with E-state index in [-0.39, 0.29) is 17.7 Å². The number of aryl methyl sites for hydroxylation is 1. The molecule has 0 bridgehead atoms. The highest BCUT2D eigenvalue weighted by Gasteiger charge is 2.31. The van der Waals surface area contributed by atoms with Gasteiger partial charge in [0.15, 0.2) is 5.82 Å². The van der Waals surface area contributed by atoms with Gasteiger partial charge in [0.1, 0.15) is 17.9 Å². The Morgan fingerprint density at radius 1 is 1.15 bits per heavy atom. The summed E-state index contributed by atoms with van der Waals surface area (Å²) in [6.45, 7) is 1.82. The van der Waals surface area contributed by atoms with Crippen LogP contribution in [0.15, 0.2) is 41.2 Å². The molecule has 0 spiro atoms. The molecule has 0 unspecified atom stereocenters. The Hall–Kier alpha value is -3.30. The topological polar surface area (TPSA) is 69.6 Å². The molecule has 1 aromatic carbocycles. The smallest absolute Gasteiger partial charge is 0.337 e. The van der Waals surface area contributed by atoms with Gasteiger partial charge in [-0.2, -0.15) is 23.3 Å². The van der Waals surface area contributed by atoms with Crippen molar-refractivity contribution in [2.24, 2.45) is 0 Å². The van der Waals surface area contributed by atoms with E-state index in [9.17, 15) is 17.6 Å². The zero-order valence-corrected chi connectivity index (χ0v) is 13.8. The van der Waals surface area contributed by atoms with Crippen molar-refractivity contribution in [2.75, 3.05) is 0 Å². The summed E-state index contributed by atoms with van der Waals surface area (Å²) < 4.78 is 59.6. The first-order chi connectivity index (χ1) is 12.8. The molecule has 6 nitrogen and oxygen atoms in total. The Kier molecular flexibility index (Phi) is 3.90. The van der Waals surface area contributed by atoms with Crippen LogP contribution in [0.5, 0.6) is 0 Å². The highest BCUT2D eigenvalue weighted by molar-refractivity contribution is 5.80. The molecule has 0 amide bonds. The second-order valence-corrected chi connectivity index (χ2v) is 5.86. The molecular formula is C17H11F4N5O. The van der Waals surface area contributed by atoms with Gasteiger partial charge < -0.3 is 4.52 Å². The van der Waals surface area contributed by atoms with Crippen LogP contribution in [-0.4, -0.2) is 24.9 Å². The molecule has 4 aromatic rings. The third kappa shape index (κ3) is 3.25. The van der Waals surface area contributed by atoms with Crippen LogP contribution in [0.2, 0.25) is 0 Å². The van der Waals surface area contributed by atoms with E-state index in [0.29, 0.717) is 28.8 Å². The number of fused-ring (bicyclic) bond motifs is 1. The van der Waals surface area contributed by atoms with E-state index in [1.165, 1.54) is 23.1 Å². The molecule has 4 rings (SSSR count). The summed E-state index contributed by atoms with van der Waals surface area (Å²) in [7, 11) is 0. The lowest BCUT2D eigenvalue weighted by Crippen LogP contribution is -2.05. The Balaban J connectivity index is 1.78. The molecule has 0 radical (unpaired) electrons. The molecule has 10 heteroatoms. The van der Waals surface area contributed by atoms with Crippen molar-refractivity contribution < 1.29 is 22.1 Å². The molecule has 0 fully saturated rings. The number of nitrogens with zero attached hydrogens (tertiary/aromatic N) is 5. The van der Waals surface area contributed by atoms with Crippen LogP contribution >= 0.6 is 0 Å². The molecule has 0 aliphatic heterocycles. The summed E-state index contributed by atoms with van der Waals surface area (Å²) in [6.07, 6.45) is -1.77. The predicted molar refractivity (Wildman–Crippen MR) is 86.1 cm³/mol. The normalized spacial score (nSPS) is 12.0. The molecule has 0 saturated heterocycles. The standard InChI is InChI=1S/C17H11F4N5O/c1-9-24-16(27-25-9)8-26-15-4-10(6-22-14(15)7-23-26)12-5-11(17(19,20)21)2-3-13(12)18/h2-7H,8H2,1H3. The van der Waals surface area contributed by atoms with Crippen molar-refractivity contribution in [2.45, 2.75) is 19.6 Å². The number of pyridine rings is 1. The highest BCUT2D eigenvalue weighted by Crippen LogP contribution is 2.34. The number of halogens is 4. The van der Waals surface area contributed by atoms with Crippen LogP contribution in [0.25, 0.3) is 22.2 Å². The maximum atomic E-state index is 14.2. The molecular weight excluding hydrogens is 366 g/mol. The average Bonchev–Trinajstić information content (AvgIpc) is 3.20. The number of benzene rings is 1. The van der Waals surface area contributed by atoms with E-state index in [4.69, 9.17) is 4.52 Å². The summed E-state index contributed by atoms with van der Waals surface area (Å²) in [4.78, 5) is 8.24. The highest BCUT2D eigenvalue weighted by atomic mass is 19.4. The van der Waals surface area contributed by atoms with Crippen LogP contribution in [0.3, 0.4) is 0 Å². The monoisotopic (exact) mass is 377 g/mol. The quantitative estimate of drug-likeness (QED) is 0.505. The Bertz CT molecular complexity index is 1130. The van der Waals surface area contributed by atoms with Gasteiger partial charge in [0, 0.05) is 17.3 Å². The first kappa shape index (κ1) is 17.1. The minimum atomic E-state index is -4.57. The minimum absolute atomic E-state index is 0.153. The zero-order valence-electron chi connectivity index (χ0n) is 13.8. The van der Waals surface area contributed by atoms with E-state index in [0.717, 1.165) is 12.1 Å². The third-order valence-electron chi connectivity index (χ3n) is 3.95. The van der Waals surface area contributed by atoms with Crippen molar-refractivity contribution in [1.29, 1.82) is 0 Å². The van der Waals surface area contributed by atoms with Gasteiger partial charge in [-0.3, -0.25) is 9.67 Å². The summed E-state index contributed by atoms with van der Waals surface area (Å²) in [6, 6.07) is 3.78. The zero-order chi connectivity index (χ0) is 19.2. The number of rotatable bonds is 3. The maximum absolute atomic E-state index is 14.2. The molecule has 0 saturated carbocycles. The molecule has 3 aromatic heterocycles. The summed E-state index contributed by atoms with van der Waals surface area (Å²) in [5.74, 6) is 0.00204. The van der Waals surface area contributed by atoms with Crippen molar-refractivity contribution in [3.05, 3.63) is 59.8 Å². The second kappa shape index (κ2) is 6.15. The lowest BCUT2D eigenvalue weighted by molar-refractivity contribution is -0.137. The molecule has 0 N–H and O–H groups in total. The number of hydrogen-bond donors (Lipinski definition) is 0. The first-order valence-corrected chi connectivity index (χ1v) is 7.79. The SMILES string of the molecule is Cc1noc(Cn2ncc3ncc(-c4cc(C(F)(F)F)ccc4F)cc32)n1. The van der Waals surface area contributed by atoms with Gasteiger partial charge in [0.2, 0.25) is 5.89 Å². The van der Waals surface area contributed by atoms with Gasteiger partial charge in [0.25, 0.3) is 0 Å². The minimum Gasteiger partial charge on any atom is -0.337 e. The molecule has 0 aliphatic carbocycles. The molecule has 27 heavy (non-hydrogen) atoms. The third-order valence-corrected chi connectivity index (χ3v) is 3.95. The molecule has 138 valence electrons. The average molecular weight is 377 g/mol. The Labute approximate surface area is 149 Å². The number of alkyl halides is 3. The van der Waals surface area contributed by atoms with Gasteiger partial charge in [-0.15, -0.1) is 0 Å². The van der Waals surface area contributed by atoms with Crippen LogP contribution < -0.4 is 0 Å². The lowest BCUT2D eigenvalue weighted by atomic mass is 10.0. The van der Waals surface area contributed by atoms with Gasteiger partial charge in [-0.05, 0) is 31.2 Å². The maximum Gasteiger partial charge on any atom is 0.416 e. The van der Waals surface area contributed by atoms with E-state index in [1.54, 1.807) is 6.92 Å². The first-order valence-electron chi connectivity index (χ1n) is 7.79.